The summed E-state index contributed by atoms with van der Waals surface area (Å²) in [5, 5.41) is 15.8. The Bertz CT molecular complexity index is 1120. The van der Waals surface area contributed by atoms with Crippen LogP contribution in [0.2, 0.25) is 0 Å². The number of nitrogens with zero attached hydrogens (tertiary/aromatic N) is 2. The molecular weight excluding hydrogens is 458 g/mol. The normalized spacial score (nSPS) is 21.1. The predicted molar refractivity (Wildman–Crippen MR) is 124 cm³/mol. The van der Waals surface area contributed by atoms with Crippen LogP contribution >= 0.6 is 0 Å². The Labute approximate surface area is 202 Å². The second kappa shape index (κ2) is 9.07. The number of methoxy groups -OCH3 is 1. The summed E-state index contributed by atoms with van der Waals surface area (Å²) < 4.78 is 34.8. The second-order valence-corrected chi connectivity index (χ2v) is 9.96. The summed E-state index contributed by atoms with van der Waals surface area (Å²) in [4.78, 5) is 32.1. The van der Waals surface area contributed by atoms with Gasteiger partial charge in [-0.15, -0.1) is 0 Å². The molecule has 0 spiro atoms. The van der Waals surface area contributed by atoms with Crippen molar-refractivity contribution < 1.29 is 28.2 Å². The molecule has 3 N–H and O–H groups in total. The molecule has 10 heteroatoms. The number of carbonyl (C=O) groups is 2. The van der Waals surface area contributed by atoms with Crippen LogP contribution in [-0.2, 0) is 10.3 Å². The molecular formula is C25H30F2N4O4. The summed E-state index contributed by atoms with van der Waals surface area (Å²) in [6.45, 7) is 4.79. The molecule has 2 atom stereocenters. The Morgan fingerprint density at radius 1 is 1.29 bits per heavy atom. The number of rotatable bonds is 7. The molecule has 3 amide bonds. The summed E-state index contributed by atoms with van der Waals surface area (Å²) in [6.07, 6.45) is 1.37. The molecule has 1 aliphatic carbocycles. The number of likely N-dealkylation sites (tertiary alicyclic amines) is 1. The Hall–Kier alpha value is -3.27. The molecule has 1 saturated carbocycles. The molecule has 188 valence electrons. The highest BCUT2D eigenvalue weighted by atomic mass is 19.1. The number of hydrogen-bond acceptors (Lipinski definition) is 5. The summed E-state index contributed by atoms with van der Waals surface area (Å²) in [5.41, 5.74) is -0.656. The number of nitrogens with one attached hydrogen (secondary N) is 2. The van der Waals surface area contributed by atoms with Gasteiger partial charge in [0, 0.05) is 42.4 Å². The van der Waals surface area contributed by atoms with Gasteiger partial charge in [-0.25, -0.2) is 13.6 Å². The zero-order valence-electron chi connectivity index (χ0n) is 20.2. The minimum atomic E-state index is -1.23. The maximum absolute atomic E-state index is 15.0. The van der Waals surface area contributed by atoms with E-state index in [9.17, 15) is 23.5 Å². The molecule has 2 heterocycles. The van der Waals surface area contributed by atoms with Crippen LogP contribution in [0.5, 0.6) is 5.75 Å². The van der Waals surface area contributed by atoms with Gasteiger partial charge in [-0.1, -0.05) is 6.07 Å². The van der Waals surface area contributed by atoms with Crippen LogP contribution < -0.4 is 15.4 Å². The zero-order chi connectivity index (χ0) is 25.5. The van der Waals surface area contributed by atoms with E-state index in [1.54, 1.807) is 0 Å². The molecule has 0 radical (unpaired) electrons. The standard InChI is InChI=1S/C25H30F2N4O4/c1-14-6-5-7-19(28-14)25(8-9-25)30-23(33)29-21-16(12-31(22(21)32)13-24(2,3)34)20-17(26)10-15(35-4)11-18(20)27/h5-7,10-11,16,21,34H,8-9,12-13H2,1-4H3,(H2,29,30,33)/t16-,21-/m0/s1. The first-order chi connectivity index (χ1) is 16.4. The van der Waals surface area contributed by atoms with Crippen LogP contribution in [0.4, 0.5) is 13.6 Å². The van der Waals surface area contributed by atoms with Crippen molar-refractivity contribution in [1.29, 1.82) is 0 Å². The summed E-state index contributed by atoms with van der Waals surface area (Å²) in [5.74, 6) is -3.28. The van der Waals surface area contributed by atoms with E-state index in [0.29, 0.717) is 12.8 Å². The lowest BCUT2D eigenvalue weighted by atomic mass is 9.92. The molecule has 2 aliphatic rings. The van der Waals surface area contributed by atoms with Gasteiger partial charge in [-0.3, -0.25) is 9.78 Å². The fourth-order valence-electron chi connectivity index (χ4n) is 4.64. The lowest BCUT2D eigenvalue weighted by Crippen LogP contribution is -2.51. The van der Waals surface area contributed by atoms with Gasteiger partial charge in [0.2, 0.25) is 5.91 Å². The number of benzene rings is 1. The smallest absolute Gasteiger partial charge is 0.316 e. The highest BCUT2D eigenvalue weighted by Crippen LogP contribution is 2.44. The average molecular weight is 489 g/mol. The van der Waals surface area contributed by atoms with E-state index in [4.69, 9.17) is 4.74 Å². The Kier molecular flexibility index (Phi) is 6.44. The first kappa shape index (κ1) is 24.8. The molecule has 4 rings (SSSR count). The van der Waals surface area contributed by atoms with Crippen molar-refractivity contribution in [3.63, 3.8) is 0 Å². The maximum Gasteiger partial charge on any atom is 0.316 e. The van der Waals surface area contributed by atoms with Gasteiger partial charge in [0.15, 0.2) is 0 Å². The van der Waals surface area contributed by atoms with Crippen LogP contribution in [0, 0.1) is 18.6 Å². The van der Waals surface area contributed by atoms with E-state index in [0.717, 1.165) is 23.5 Å². The number of hydrogen-bond donors (Lipinski definition) is 3. The third-order valence-corrected chi connectivity index (χ3v) is 6.40. The van der Waals surface area contributed by atoms with Gasteiger partial charge in [-0.2, -0.15) is 0 Å². The fourth-order valence-corrected chi connectivity index (χ4v) is 4.64. The lowest BCUT2D eigenvalue weighted by Gasteiger charge is -2.25. The number of aromatic nitrogens is 1. The number of ether oxygens (including phenoxy) is 1. The van der Waals surface area contributed by atoms with E-state index < -0.39 is 46.7 Å². The number of aliphatic hydroxyl groups is 1. The SMILES string of the molecule is COc1cc(F)c([C@@H]2CN(CC(C)(C)O)C(=O)[C@H]2NC(=O)NC2(c3cccc(C)n3)CC2)c(F)c1. The predicted octanol–water partition coefficient (Wildman–Crippen LogP) is 2.73. The van der Waals surface area contributed by atoms with Gasteiger partial charge in [0.1, 0.15) is 23.4 Å². The maximum atomic E-state index is 15.0. The highest BCUT2D eigenvalue weighted by molar-refractivity contribution is 5.90. The third-order valence-electron chi connectivity index (χ3n) is 6.40. The van der Waals surface area contributed by atoms with Gasteiger partial charge < -0.3 is 25.4 Å². The fraction of sp³-hybridized carbons (Fsp3) is 0.480. The molecule has 8 nitrogen and oxygen atoms in total. The first-order valence-electron chi connectivity index (χ1n) is 11.5. The molecule has 0 unspecified atom stereocenters. The summed E-state index contributed by atoms with van der Waals surface area (Å²) >= 11 is 0. The molecule has 1 aromatic carbocycles. The van der Waals surface area contributed by atoms with Crippen molar-refractivity contribution >= 4 is 11.9 Å². The molecule has 1 saturated heterocycles. The Morgan fingerprint density at radius 3 is 2.49 bits per heavy atom. The third kappa shape index (κ3) is 5.22. The van der Waals surface area contributed by atoms with Crippen LogP contribution in [-0.4, -0.2) is 58.8 Å². The first-order valence-corrected chi connectivity index (χ1v) is 11.5. The number of carbonyl (C=O) groups excluding carboxylic acids is 2. The number of urea groups is 1. The van der Waals surface area contributed by atoms with Gasteiger partial charge in [0.05, 0.1) is 23.9 Å². The second-order valence-electron chi connectivity index (χ2n) is 9.96. The van der Waals surface area contributed by atoms with Crippen LogP contribution in [0.25, 0.3) is 0 Å². The van der Waals surface area contributed by atoms with Gasteiger partial charge >= 0.3 is 6.03 Å². The highest BCUT2D eigenvalue weighted by Gasteiger charge is 2.49. The molecule has 2 aromatic rings. The largest absolute Gasteiger partial charge is 0.497 e. The number of halogens is 2. The van der Waals surface area contributed by atoms with E-state index in [1.807, 2.05) is 25.1 Å². The number of β-amino-alcohol motifs (C(OH)–C–C–N with tert-alkyl or cyclic N) is 1. The van der Waals surface area contributed by atoms with Crippen molar-refractivity contribution in [1.82, 2.24) is 20.5 Å². The summed E-state index contributed by atoms with van der Waals surface area (Å²) in [6, 6.07) is 5.78. The summed E-state index contributed by atoms with van der Waals surface area (Å²) in [7, 11) is 1.30. The van der Waals surface area contributed by atoms with Crippen molar-refractivity contribution in [2.24, 2.45) is 0 Å². The van der Waals surface area contributed by atoms with E-state index in [1.165, 1.54) is 25.9 Å². The van der Waals surface area contributed by atoms with Crippen molar-refractivity contribution in [2.45, 2.75) is 56.7 Å². The van der Waals surface area contributed by atoms with Crippen LogP contribution in [0.1, 0.15) is 49.6 Å². The molecule has 1 aromatic heterocycles. The lowest BCUT2D eigenvalue weighted by molar-refractivity contribution is -0.131. The molecule has 0 bridgehead atoms. The number of aryl methyl sites for hydroxylation is 1. The van der Waals surface area contributed by atoms with Crippen molar-refractivity contribution in [3.05, 3.63) is 58.9 Å². The van der Waals surface area contributed by atoms with Crippen molar-refractivity contribution in [3.8, 4) is 5.75 Å². The van der Waals surface area contributed by atoms with E-state index in [-0.39, 0.29) is 24.4 Å². The average Bonchev–Trinajstić information content (AvgIpc) is 3.49. The quantitative estimate of drug-likeness (QED) is 0.556. The minimum Gasteiger partial charge on any atom is -0.497 e. The Morgan fingerprint density at radius 2 is 1.94 bits per heavy atom. The van der Waals surface area contributed by atoms with Crippen LogP contribution in [0.3, 0.4) is 0 Å². The molecule has 1 aliphatic heterocycles. The molecule has 2 fully saturated rings. The molecule has 35 heavy (non-hydrogen) atoms. The van der Waals surface area contributed by atoms with Crippen molar-refractivity contribution in [2.75, 3.05) is 20.2 Å². The van der Waals surface area contributed by atoms with Gasteiger partial charge in [0.25, 0.3) is 0 Å². The van der Waals surface area contributed by atoms with E-state index >= 15 is 0 Å². The zero-order valence-corrected chi connectivity index (χ0v) is 20.2. The van der Waals surface area contributed by atoms with E-state index in [2.05, 4.69) is 15.6 Å². The topological polar surface area (TPSA) is 104 Å². The number of pyridine rings is 1. The number of amides is 3. The minimum absolute atomic E-state index is 0.00463. The monoisotopic (exact) mass is 488 g/mol. The Balaban J connectivity index is 1.60. The van der Waals surface area contributed by atoms with Crippen LogP contribution in [0.15, 0.2) is 30.3 Å². The van der Waals surface area contributed by atoms with Gasteiger partial charge in [-0.05, 0) is 45.7 Å².